The molecule has 2 aliphatic heterocycles. The van der Waals surface area contributed by atoms with Gasteiger partial charge in [-0.25, -0.2) is 9.38 Å². The molecule has 2 aliphatic rings. The molecule has 0 amide bonds. The largest absolute Gasteiger partial charge is 0.450 e. The number of rotatable bonds is 1. The predicted molar refractivity (Wildman–Crippen MR) is 44.6 cm³/mol. The van der Waals surface area contributed by atoms with Crippen LogP contribution in [0.25, 0.3) is 0 Å². The normalized spacial score (nSPS) is 46.9. The number of hydrogen-bond donors (Lipinski definition) is 2. The van der Waals surface area contributed by atoms with Crippen LogP contribution in [0.4, 0.5) is 4.39 Å². The van der Waals surface area contributed by atoms with Crippen LogP contribution < -0.4 is 0 Å². The van der Waals surface area contributed by atoms with Crippen LogP contribution in [0.15, 0.2) is 4.99 Å². The van der Waals surface area contributed by atoms with Gasteiger partial charge in [-0.15, -0.1) is 0 Å². The third-order valence-electron chi connectivity index (χ3n) is 2.42. The van der Waals surface area contributed by atoms with Gasteiger partial charge in [0, 0.05) is 6.92 Å². The standard InChI is InChI=1S/C8H12FNO4/c1-3-10-6-7(12)5(9)4(2-11)14-8(6)13-3/h4-8,11-12H,2H2,1H3/t4-,5-,6-,7+,8+/m1/s1. The number of nitrogens with zero attached hydrogens (tertiary/aromatic N) is 1. The molecule has 1 fully saturated rings. The molecule has 5 atom stereocenters. The summed E-state index contributed by atoms with van der Waals surface area (Å²) in [5.74, 6) is 0.366. The van der Waals surface area contributed by atoms with E-state index in [-0.39, 0.29) is 0 Å². The molecule has 0 aromatic rings. The zero-order chi connectivity index (χ0) is 10.3. The number of aliphatic hydroxyl groups excluding tert-OH is 2. The highest BCUT2D eigenvalue weighted by atomic mass is 19.1. The molecule has 2 rings (SSSR count). The van der Waals surface area contributed by atoms with E-state index in [1.165, 1.54) is 0 Å². The van der Waals surface area contributed by atoms with Crippen molar-refractivity contribution in [2.45, 2.75) is 37.6 Å². The maximum atomic E-state index is 13.3. The maximum Gasteiger partial charge on any atom is 0.227 e. The topological polar surface area (TPSA) is 71.3 Å². The Morgan fingerprint density at radius 3 is 2.93 bits per heavy atom. The van der Waals surface area contributed by atoms with Gasteiger partial charge in [0.05, 0.1) is 6.61 Å². The molecular weight excluding hydrogens is 193 g/mol. The summed E-state index contributed by atoms with van der Waals surface area (Å²) in [6, 6.07) is -0.715. The molecule has 0 aromatic carbocycles. The van der Waals surface area contributed by atoms with Gasteiger partial charge in [0.1, 0.15) is 18.2 Å². The lowest BCUT2D eigenvalue weighted by molar-refractivity contribution is -0.218. The second-order valence-electron chi connectivity index (χ2n) is 3.42. The van der Waals surface area contributed by atoms with E-state index in [1.807, 2.05) is 0 Å². The van der Waals surface area contributed by atoms with Crippen LogP contribution >= 0.6 is 0 Å². The van der Waals surface area contributed by atoms with Crippen molar-refractivity contribution in [1.82, 2.24) is 0 Å². The van der Waals surface area contributed by atoms with Gasteiger partial charge in [0.25, 0.3) is 0 Å². The Hall–Kier alpha value is -0.720. The SMILES string of the molecule is CC1=N[C@H]2[C@@H](O1)O[C@H](CO)[C@@H](F)[C@@H]2O. The lowest BCUT2D eigenvalue weighted by Crippen LogP contribution is -2.55. The summed E-state index contributed by atoms with van der Waals surface area (Å²) in [5.41, 5.74) is 0. The zero-order valence-electron chi connectivity index (χ0n) is 7.63. The van der Waals surface area contributed by atoms with Gasteiger partial charge in [-0.2, -0.15) is 0 Å². The first-order valence-electron chi connectivity index (χ1n) is 4.43. The van der Waals surface area contributed by atoms with E-state index in [1.54, 1.807) is 6.92 Å². The van der Waals surface area contributed by atoms with Crippen LogP contribution in [0.1, 0.15) is 6.92 Å². The summed E-state index contributed by atoms with van der Waals surface area (Å²) in [6.07, 6.45) is -4.70. The number of hydrogen-bond acceptors (Lipinski definition) is 5. The van der Waals surface area contributed by atoms with Crippen LogP contribution in [-0.4, -0.2) is 53.4 Å². The van der Waals surface area contributed by atoms with E-state index in [0.717, 1.165) is 0 Å². The minimum absolute atomic E-state index is 0.366. The van der Waals surface area contributed by atoms with Gasteiger partial charge in [-0.1, -0.05) is 0 Å². The van der Waals surface area contributed by atoms with Crippen molar-refractivity contribution >= 4 is 5.90 Å². The quantitative estimate of drug-likeness (QED) is 0.589. The van der Waals surface area contributed by atoms with Gasteiger partial charge in [-0.05, 0) is 0 Å². The van der Waals surface area contributed by atoms with Gasteiger partial charge < -0.3 is 19.7 Å². The van der Waals surface area contributed by atoms with Gasteiger partial charge in [0.15, 0.2) is 12.1 Å². The molecule has 6 heteroatoms. The van der Waals surface area contributed by atoms with Crippen LogP contribution in [0.5, 0.6) is 0 Å². The Morgan fingerprint density at radius 1 is 1.57 bits per heavy atom. The first-order valence-corrected chi connectivity index (χ1v) is 4.43. The lowest BCUT2D eigenvalue weighted by atomic mass is 9.99. The molecule has 0 unspecified atom stereocenters. The molecule has 14 heavy (non-hydrogen) atoms. The van der Waals surface area contributed by atoms with Crippen molar-refractivity contribution in [2.75, 3.05) is 6.61 Å². The molecule has 0 bridgehead atoms. The van der Waals surface area contributed by atoms with Crippen LogP contribution in [-0.2, 0) is 9.47 Å². The van der Waals surface area contributed by atoms with Gasteiger partial charge in [0.2, 0.25) is 6.29 Å². The molecule has 80 valence electrons. The number of aliphatic hydroxyl groups is 2. The van der Waals surface area contributed by atoms with E-state index in [2.05, 4.69) is 4.99 Å². The highest BCUT2D eigenvalue weighted by Crippen LogP contribution is 2.29. The smallest absolute Gasteiger partial charge is 0.227 e. The number of ether oxygens (including phenoxy) is 2. The third kappa shape index (κ3) is 1.39. The van der Waals surface area contributed by atoms with E-state index in [0.29, 0.717) is 5.90 Å². The Bertz CT molecular complexity index is 260. The Balaban J connectivity index is 2.14. The van der Waals surface area contributed by atoms with Crippen molar-refractivity contribution < 1.29 is 24.1 Å². The van der Waals surface area contributed by atoms with E-state index < -0.39 is 37.3 Å². The molecule has 0 aliphatic carbocycles. The van der Waals surface area contributed by atoms with E-state index in [4.69, 9.17) is 14.6 Å². The third-order valence-corrected chi connectivity index (χ3v) is 2.42. The zero-order valence-corrected chi connectivity index (χ0v) is 7.63. The molecular formula is C8H12FNO4. The second kappa shape index (κ2) is 3.45. The van der Waals surface area contributed by atoms with E-state index >= 15 is 0 Å². The molecule has 2 heterocycles. The number of aliphatic imine (C=N–C) groups is 1. The van der Waals surface area contributed by atoms with Crippen LogP contribution in [0.2, 0.25) is 0 Å². The van der Waals surface area contributed by atoms with Crippen LogP contribution in [0.3, 0.4) is 0 Å². The minimum atomic E-state index is -1.63. The highest BCUT2D eigenvalue weighted by Gasteiger charge is 2.49. The fraction of sp³-hybridized carbons (Fsp3) is 0.875. The summed E-state index contributed by atoms with van der Waals surface area (Å²) in [6.45, 7) is 1.12. The summed E-state index contributed by atoms with van der Waals surface area (Å²) >= 11 is 0. The van der Waals surface area contributed by atoms with Crippen molar-refractivity contribution in [3.63, 3.8) is 0 Å². The van der Waals surface area contributed by atoms with Crippen molar-refractivity contribution in [3.05, 3.63) is 0 Å². The molecule has 0 radical (unpaired) electrons. The number of halogens is 1. The van der Waals surface area contributed by atoms with Gasteiger partial charge >= 0.3 is 0 Å². The summed E-state index contributed by atoms with van der Waals surface area (Å²) in [4.78, 5) is 3.91. The molecule has 5 nitrogen and oxygen atoms in total. The summed E-state index contributed by atoms with van der Waals surface area (Å²) in [5, 5.41) is 18.3. The molecule has 0 spiro atoms. The minimum Gasteiger partial charge on any atom is -0.450 e. The fourth-order valence-electron chi connectivity index (χ4n) is 1.68. The predicted octanol–water partition coefficient (Wildman–Crippen LogP) is -0.780. The van der Waals surface area contributed by atoms with Crippen LogP contribution in [0, 0.1) is 0 Å². The Kier molecular flexibility index (Phi) is 2.42. The Morgan fingerprint density at radius 2 is 2.29 bits per heavy atom. The first kappa shape index (κ1) is 9.82. The average Bonchev–Trinajstić information content (AvgIpc) is 2.52. The average molecular weight is 205 g/mol. The van der Waals surface area contributed by atoms with Crippen molar-refractivity contribution in [2.24, 2.45) is 4.99 Å². The lowest BCUT2D eigenvalue weighted by Gasteiger charge is -2.35. The maximum absolute atomic E-state index is 13.3. The van der Waals surface area contributed by atoms with Crippen molar-refractivity contribution in [1.29, 1.82) is 0 Å². The monoisotopic (exact) mass is 205 g/mol. The van der Waals surface area contributed by atoms with Gasteiger partial charge in [-0.3, -0.25) is 0 Å². The molecule has 2 N–H and O–H groups in total. The second-order valence-corrected chi connectivity index (χ2v) is 3.42. The summed E-state index contributed by atoms with van der Waals surface area (Å²) in [7, 11) is 0. The number of alkyl halides is 1. The first-order chi connectivity index (χ1) is 6.63. The highest BCUT2D eigenvalue weighted by molar-refractivity contribution is 5.75. The summed E-state index contributed by atoms with van der Waals surface area (Å²) < 4.78 is 23.5. The van der Waals surface area contributed by atoms with E-state index in [9.17, 15) is 9.50 Å². The molecule has 0 aromatic heterocycles. The molecule has 1 saturated heterocycles. The van der Waals surface area contributed by atoms with Crippen molar-refractivity contribution in [3.8, 4) is 0 Å². The Labute approximate surface area is 80.2 Å². The fourth-order valence-corrected chi connectivity index (χ4v) is 1.68. The molecule has 0 saturated carbocycles. The number of fused-ring (bicyclic) bond motifs is 1.